The maximum absolute atomic E-state index is 5.85. The van der Waals surface area contributed by atoms with E-state index in [1.54, 1.807) is 0 Å². The lowest BCUT2D eigenvalue weighted by Crippen LogP contribution is -2.25. The van der Waals surface area contributed by atoms with Crippen molar-refractivity contribution in [2.24, 2.45) is 0 Å². The molecule has 0 aromatic heterocycles. The van der Waals surface area contributed by atoms with E-state index in [2.05, 4.69) is 38.7 Å². The molecule has 19 heavy (non-hydrogen) atoms. The molecule has 0 aliphatic heterocycles. The first kappa shape index (κ1) is 18.9. The number of unbranched alkanes of at least 4 members (excludes halogenated alkanes) is 8. The SMILES string of the molecule is CCCC/C=C/CCCCCCCCO[Si](C)(C)C. The molecule has 0 aliphatic rings. The van der Waals surface area contributed by atoms with Crippen molar-refractivity contribution in [1.82, 2.24) is 0 Å². The highest BCUT2D eigenvalue weighted by Gasteiger charge is 2.12. The topological polar surface area (TPSA) is 9.23 Å². The third-order valence-corrected chi connectivity index (χ3v) is 4.26. The molecule has 0 unspecified atom stereocenters. The van der Waals surface area contributed by atoms with Crippen molar-refractivity contribution in [2.45, 2.75) is 90.8 Å². The first-order valence-corrected chi connectivity index (χ1v) is 11.8. The average molecular weight is 285 g/mol. The summed E-state index contributed by atoms with van der Waals surface area (Å²) in [6.07, 6.45) is 18.1. The molecule has 0 rings (SSSR count). The van der Waals surface area contributed by atoms with Crippen molar-refractivity contribution in [3.63, 3.8) is 0 Å². The molecule has 0 aromatic carbocycles. The Labute approximate surface area is 123 Å². The molecule has 0 heterocycles. The summed E-state index contributed by atoms with van der Waals surface area (Å²) in [7, 11) is -1.27. The van der Waals surface area contributed by atoms with Crippen LogP contribution in [0.4, 0.5) is 0 Å². The predicted molar refractivity (Wildman–Crippen MR) is 90.3 cm³/mol. The van der Waals surface area contributed by atoms with Crippen LogP contribution in [0.15, 0.2) is 12.2 Å². The van der Waals surface area contributed by atoms with Gasteiger partial charge in [0, 0.05) is 6.61 Å². The highest BCUT2D eigenvalue weighted by molar-refractivity contribution is 6.69. The van der Waals surface area contributed by atoms with Crippen LogP contribution in [0.5, 0.6) is 0 Å². The Hall–Kier alpha value is -0.0831. The van der Waals surface area contributed by atoms with E-state index in [4.69, 9.17) is 4.43 Å². The molecule has 114 valence electrons. The molecular weight excluding hydrogens is 248 g/mol. The van der Waals surface area contributed by atoms with Crippen LogP contribution in [0, 0.1) is 0 Å². The Morgan fingerprint density at radius 1 is 0.737 bits per heavy atom. The molecule has 0 saturated heterocycles. The minimum Gasteiger partial charge on any atom is -0.418 e. The van der Waals surface area contributed by atoms with Crippen molar-refractivity contribution in [3.8, 4) is 0 Å². The minimum atomic E-state index is -1.27. The molecular formula is C17H36OSi. The summed E-state index contributed by atoms with van der Waals surface area (Å²) in [4.78, 5) is 0. The molecule has 0 amide bonds. The van der Waals surface area contributed by atoms with Gasteiger partial charge in [0.25, 0.3) is 0 Å². The molecule has 0 atom stereocenters. The van der Waals surface area contributed by atoms with Crippen LogP contribution in [-0.2, 0) is 4.43 Å². The monoisotopic (exact) mass is 284 g/mol. The summed E-state index contributed by atoms with van der Waals surface area (Å²) in [5.41, 5.74) is 0. The summed E-state index contributed by atoms with van der Waals surface area (Å²) in [5, 5.41) is 0. The van der Waals surface area contributed by atoms with Gasteiger partial charge in [-0.15, -0.1) is 0 Å². The van der Waals surface area contributed by atoms with Crippen LogP contribution in [-0.4, -0.2) is 14.9 Å². The Bertz CT molecular complexity index is 206. The zero-order chi connectivity index (χ0) is 14.4. The Morgan fingerprint density at radius 3 is 1.84 bits per heavy atom. The van der Waals surface area contributed by atoms with E-state index in [9.17, 15) is 0 Å². The van der Waals surface area contributed by atoms with Crippen molar-refractivity contribution in [2.75, 3.05) is 6.61 Å². The molecule has 0 fully saturated rings. The van der Waals surface area contributed by atoms with Crippen molar-refractivity contribution >= 4 is 8.32 Å². The maximum atomic E-state index is 5.85. The second-order valence-electron chi connectivity index (χ2n) is 6.48. The van der Waals surface area contributed by atoms with Gasteiger partial charge < -0.3 is 4.43 Å². The van der Waals surface area contributed by atoms with E-state index in [1.807, 2.05) is 0 Å². The van der Waals surface area contributed by atoms with Gasteiger partial charge in [-0.25, -0.2) is 0 Å². The summed E-state index contributed by atoms with van der Waals surface area (Å²) >= 11 is 0. The van der Waals surface area contributed by atoms with E-state index in [1.165, 1.54) is 64.2 Å². The molecule has 0 aromatic rings. The normalized spacial score (nSPS) is 12.4. The van der Waals surface area contributed by atoms with Gasteiger partial charge in [0.1, 0.15) is 0 Å². The molecule has 0 radical (unpaired) electrons. The van der Waals surface area contributed by atoms with Gasteiger partial charge in [-0.3, -0.25) is 0 Å². The van der Waals surface area contributed by atoms with Gasteiger partial charge in [-0.05, 0) is 45.3 Å². The third-order valence-electron chi connectivity index (χ3n) is 3.19. The zero-order valence-corrected chi connectivity index (χ0v) is 14.8. The fraction of sp³-hybridized carbons (Fsp3) is 0.882. The molecule has 1 nitrogen and oxygen atoms in total. The Kier molecular flexibility index (Phi) is 12.9. The number of rotatable bonds is 13. The van der Waals surface area contributed by atoms with E-state index < -0.39 is 8.32 Å². The van der Waals surface area contributed by atoms with Gasteiger partial charge in [0.15, 0.2) is 8.32 Å². The summed E-state index contributed by atoms with van der Waals surface area (Å²) < 4.78 is 5.85. The van der Waals surface area contributed by atoms with Crippen LogP contribution in [0.2, 0.25) is 19.6 Å². The van der Waals surface area contributed by atoms with Gasteiger partial charge in [0.2, 0.25) is 0 Å². The summed E-state index contributed by atoms with van der Waals surface area (Å²) in [5.74, 6) is 0. The molecule has 0 spiro atoms. The predicted octanol–water partition coefficient (Wildman–Crippen LogP) is 6.32. The molecule has 0 aliphatic carbocycles. The van der Waals surface area contributed by atoms with E-state index in [0.29, 0.717) is 0 Å². The molecule has 2 heteroatoms. The lowest BCUT2D eigenvalue weighted by atomic mass is 10.1. The summed E-state index contributed by atoms with van der Waals surface area (Å²) in [6, 6.07) is 0. The van der Waals surface area contributed by atoms with E-state index >= 15 is 0 Å². The van der Waals surface area contributed by atoms with Crippen LogP contribution < -0.4 is 0 Å². The first-order chi connectivity index (χ1) is 9.06. The van der Waals surface area contributed by atoms with Crippen molar-refractivity contribution in [3.05, 3.63) is 12.2 Å². The first-order valence-electron chi connectivity index (χ1n) is 8.35. The fourth-order valence-corrected chi connectivity index (χ4v) is 2.76. The maximum Gasteiger partial charge on any atom is 0.183 e. The fourth-order valence-electron chi connectivity index (χ4n) is 2.01. The zero-order valence-electron chi connectivity index (χ0n) is 13.8. The van der Waals surface area contributed by atoms with Crippen LogP contribution in [0.1, 0.15) is 71.1 Å². The quantitative estimate of drug-likeness (QED) is 0.218. The molecule has 0 saturated carbocycles. The highest BCUT2D eigenvalue weighted by Crippen LogP contribution is 2.10. The van der Waals surface area contributed by atoms with Crippen LogP contribution in [0.25, 0.3) is 0 Å². The second kappa shape index (κ2) is 12.9. The van der Waals surface area contributed by atoms with Gasteiger partial charge >= 0.3 is 0 Å². The van der Waals surface area contributed by atoms with Gasteiger partial charge in [-0.2, -0.15) is 0 Å². The van der Waals surface area contributed by atoms with Gasteiger partial charge in [-0.1, -0.05) is 57.6 Å². The third kappa shape index (κ3) is 17.9. The van der Waals surface area contributed by atoms with E-state index in [0.717, 1.165) is 6.61 Å². The van der Waals surface area contributed by atoms with Crippen molar-refractivity contribution < 1.29 is 4.43 Å². The largest absolute Gasteiger partial charge is 0.418 e. The lowest BCUT2D eigenvalue weighted by Gasteiger charge is -2.16. The Balaban J connectivity index is 3.09. The van der Waals surface area contributed by atoms with Crippen LogP contribution >= 0.6 is 0 Å². The number of hydrogen-bond donors (Lipinski definition) is 0. The van der Waals surface area contributed by atoms with E-state index in [-0.39, 0.29) is 0 Å². The van der Waals surface area contributed by atoms with Crippen LogP contribution in [0.3, 0.4) is 0 Å². The number of hydrogen-bond acceptors (Lipinski definition) is 1. The Morgan fingerprint density at radius 2 is 1.26 bits per heavy atom. The number of allylic oxidation sites excluding steroid dienone is 2. The smallest absolute Gasteiger partial charge is 0.183 e. The summed E-state index contributed by atoms with van der Waals surface area (Å²) in [6.45, 7) is 10.0. The second-order valence-corrected chi connectivity index (χ2v) is 11.0. The average Bonchev–Trinajstić information content (AvgIpc) is 2.34. The molecule has 0 bridgehead atoms. The standard InChI is InChI=1S/C17H36OSi/c1-5-6-7-8-9-10-11-12-13-14-15-16-17-18-19(2,3)4/h8-9H,5-7,10-17H2,1-4H3/b9-8+. The highest BCUT2D eigenvalue weighted by atomic mass is 28.4. The minimum absolute atomic E-state index is 0.982. The molecule has 0 N–H and O–H groups in total. The van der Waals surface area contributed by atoms with Crippen molar-refractivity contribution in [1.29, 1.82) is 0 Å². The van der Waals surface area contributed by atoms with Gasteiger partial charge in [0.05, 0.1) is 0 Å². The lowest BCUT2D eigenvalue weighted by molar-refractivity contribution is 0.298.